The molecule has 6 heteroatoms. The maximum atomic E-state index is 14.1. The van der Waals surface area contributed by atoms with Crippen molar-refractivity contribution in [3.63, 3.8) is 0 Å². The summed E-state index contributed by atoms with van der Waals surface area (Å²) in [7, 11) is 0. The molecule has 0 radical (unpaired) electrons. The van der Waals surface area contributed by atoms with Crippen molar-refractivity contribution >= 4 is 5.82 Å². The summed E-state index contributed by atoms with van der Waals surface area (Å²) in [5.74, 6) is -4.31. The van der Waals surface area contributed by atoms with Gasteiger partial charge < -0.3 is 5.73 Å². The molecule has 0 saturated heterocycles. The van der Waals surface area contributed by atoms with E-state index in [1.54, 1.807) is 0 Å². The minimum absolute atomic E-state index is 0.0456. The fourth-order valence-corrected chi connectivity index (χ4v) is 2.30. The van der Waals surface area contributed by atoms with Gasteiger partial charge in [0.05, 0.1) is 5.69 Å². The Morgan fingerprint density at radius 3 is 1.87 bits per heavy atom. The average Bonchev–Trinajstić information content (AvgIpc) is 2.53. The summed E-state index contributed by atoms with van der Waals surface area (Å²) in [6, 6.07) is 9.91. The lowest BCUT2D eigenvalue weighted by Crippen LogP contribution is -2.00. The lowest BCUT2D eigenvalue weighted by molar-refractivity contribution is 0.510. The quantitative estimate of drug-likeness (QED) is 0.704. The number of benzene rings is 2. The van der Waals surface area contributed by atoms with Crippen molar-refractivity contribution < 1.29 is 17.6 Å². The first-order chi connectivity index (χ1) is 11.0. The summed E-state index contributed by atoms with van der Waals surface area (Å²) < 4.78 is 55.1. The van der Waals surface area contributed by atoms with E-state index in [4.69, 9.17) is 5.73 Å². The summed E-state index contributed by atoms with van der Waals surface area (Å²) in [6.45, 7) is 0. The molecule has 0 bridgehead atoms. The topological polar surface area (TPSA) is 38.9 Å². The third-order valence-corrected chi connectivity index (χ3v) is 3.37. The van der Waals surface area contributed by atoms with Crippen molar-refractivity contribution in [2.75, 3.05) is 5.73 Å². The van der Waals surface area contributed by atoms with E-state index < -0.39 is 23.3 Å². The van der Waals surface area contributed by atoms with Crippen LogP contribution in [-0.2, 0) is 0 Å². The third-order valence-electron chi connectivity index (χ3n) is 3.37. The molecule has 0 spiro atoms. The van der Waals surface area contributed by atoms with Crippen LogP contribution in [0.4, 0.5) is 23.4 Å². The molecule has 1 heterocycles. The number of aromatic nitrogens is 1. The first-order valence-corrected chi connectivity index (χ1v) is 6.64. The molecule has 2 aromatic carbocycles. The maximum Gasteiger partial charge on any atom is 0.168 e. The van der Waals surface area contributed by atoms with Crippen LogP contribution >= 0.6 is 0 Å². The van der Waals surface area contributed by atoms with Crippen LogP contribution in [0.5, 0.6) is 0 Å². The van der Waals surface area contributed by atoms with Crippen molar-refractivity contribution in [1.82, 2.24) is 4.98 Å². The van der Waals surface area contributed by atoms with Crippen molar-refractivity contribution in [2.45, 2.75) is 0 Å². The number of nitrogens with two attached hydrogens (primary N) is 1. The fourth-order valence-electron chi connectivity index (χ4n) is 2.30. The van der Waals surface area contributed by atoms with E-state index >= 15 is 0 Å². The highest BCUT2D eigenvalue weighted by Crippen LogP contribution is 2.35. The molecule has 2 nitrogen and oxygen atoms in total. The Hall–Kier alpha value is -2.89. The smallest absolute Gasteiger partial charge is 0.168 e. The van der Waals surface area contributed by atoms with Gasteiger partial charge in [-0.3, -0.25) is 0 Å². The van der Waals surface area contributed by atoms with Gasteiger partial charge >= 0.3 is 0 Å². The molecule has 0 aliphatic rings. The van der Waals surface area contributed by atoms with E-state index in [1.807, 2.05) is 0 Å². The molecule has 116 valence electrons. The van der Waals surface area contributed by atoms with Crippen LogP contribution in [0.2, 0.25) is 0 Å². The standard InChI is InChI=1S/C17H10F4N2/c18-12-5-1-3-9(15(12)20)10-7-8-14(22)23-17(10)11-4-2-6-13(19)16(11)21/h1-8H,(H2,22,23). The number of halogens is 4. The molecule has 23 heavy (non-hydrogen) atoms. The molecular formula is C17H10F4N2. The molecule has 0 aliphatic heterocycles. The van der Waals surface area contributed by atoms with E-state index in [-0.39, 0.29) is 28.2 Å². The van der Waals surface area contributed by atoms with Gasteiger partial charge in [-0.2, -0.15) is 0 Å². The molecule has 0 saturated carbocycles. The summed E-state index contributed by atoms with van der Waals surface area (Å²) in [4.78, 5) is 3.97. The van der Waals surface area contributed by atoms with E-state index in [9.17, 15) is 17.6 Å². The molecule has 3 aromatic rings. The number of rotatable bonds is 2. The zero-order chi connectivity index (χ0) is 16.6. The number of nitrogen functional groups attached to an aromatic ring is 1. The Kier molecular flexibility index (Phi) is 3.73. The summed E-state index contributed by atoms with van der Waals surface area (Å²) in [6.07, 6.45) is 0. The Morgan fingerprint density at radius 2 is 1.22 bits per heavy atom. The number of hydrogen-bond donors (Lipinski definition) is 1. The summed E-state index contributed by atoms with van der Waals surface area (Å²) in [5.41, 5.74) is 5.35. The molecule has 0 atom stereocenters. The second-order valence-electron chi connectivity index (χ2n) is 4.84. The van der Waals surface area contributed by atoms with Gasteiger partial charge in [0.1, 0.15) is 5.82 Å². The monoisotopic (exact) mass is 318 g/mol. The van der Waals surface area contributed by atoms with Crippen molar-refractivity contribution in [2.24, 2.45) is 0 Å². The molecular weight excluding hydrogens is 308 g/mol. The molecule has 2 N–H and O–H groups in total. The largest absolute Gasteiger partial charge is 0.384 e. The summed E-state index contributed by atoms with van der Waals surface area (Å²) >= 11 is 0. The minimum Gasteiger partial charge on any atom is -0.384 e. The number of anilines is 1. The first kappa shape index (κ1) is 15.0. The lowest BCUT2D eigenvalue weighted by Gasteiger charge is -2.12. The van der Waals surface area contributed by atoms with Gasteiger partial charge in [0.25, 0.3) is 0 Å². The molecule has 0 unspecified atom stereocenters. The zero-order valence-corrected chi connectivity index (χ0v) is 11.7. The molecule has 0 fully saturated rings. The van der Waals surface area contributed by atoms with Crippen LogP contribution in [-0.4, -0.2) is 4.98 Å². The highest BCUT2D eigenvalue weighted by molar-refractivity contribution is 5.82. The highest BCUT2D eigenvalue weighted by atomic mass is 19.2. The molecule has 1 aromatic heterocycles. The lowest BCUT2D eigenvalue weighted by atomic mass is 9.98. The van der Waals surface area contributed by atoms with E-state index in [0.29, 0.717) is 0 Å². The van der Waals surface area contributed by atoms with Crippen LogP contribution < -0.4 is 5.73 Å². The Balaban J connectivity index is 2.32. The molecule has 3 rings (SSSR count). The second-order valence-corrected chi connectivity index (χ2v) is 4.84. The minimum atomic E-state index is -1.14. The third kappa shape index (κ3) is 2.63. The average molecular weight is 318 g/mol. The Morgan fingerprint density at radius 1 is 0.652 bits per heavy atom. The zero-order valence-electron chi connectivity index (χ0n) is 11.7. The van der Waals surface area contributed by atoms with E-state index in [1.165, 1.54) is 36.4 Å². The van der Waals surface area contributed by atoms with Crippen molar-refractivity contribution in [3.05, 3.63) is 71.8 Å². The number of pyridine rings is 1. The van der Waals surface area contributed by atoms with Gasteiger partial charge in [0.15, 0.2) is 23.3 Å². The van der Waals surface area contributed by atoms with Crippen LogP contribution in [0.3, 0.4) is 0 Å². The van der Waals surface area contributed by atoms with Crippen molar-refractivity contribution in [1.29, 1.82) is 0 Å². The van der Waals surface area contributed by atoms with E-state index in [2.05, 4.69) is 4.98 Å². The normalized spacial score (nSPS) is 10.8. The van der Waals surface area contributed by atoms with Crippen LogP contribution in [0.25, 0.3) is 22.4 Å². The van der Waals surface area contributed by atoms with Gasteiger partial charge in [-0.25, -0.2) is 22.5 Å². The van der Waals surface area contributed by atoms with Gasteiger partial charge in [-0.1, -0.05) is 18.2 Å². The van der Waals surface area contributed by atoms with Crippen LogP contribution in [0, 0.1) is 23.3 Å². The predicted octanol–water partition coefficient (Wildman–Crippen LogP) is 4.55. The molecule has 0 amide bonds. The van der Waals surface area contributed by atoms with Gasteiger partial charge in [0, 0.05) is 16.7 Å². The van der Waals surface area contributed by atoms with Gasteiger partial charge in [-0.15, -0.1) is 0 Å². The molecule has 0 aliphatic carbocycles. The van der Waals surface area contributed by atoms with Crippen LogP contribution in [0.15, 0.2) is 48.5 Å². The van der Waals surface area contributed by atoms with Gasteiger partial charge in [-0.05, 0) is 30.3 Å². The maximum absolute atomic E-state index is 14.1. The van der Waals surface area contributed by atoms with E-state index in [0.717, 1.165) is 12.1 Å². The Labute approximate surface area is 129 Å². The number of hydrogen-bond acceptors (Lipinski definition) is 2. The fraction of sp³-hybridized carbons (Fsp3) is 0. The second kappa shape index (κ2) is 5.72. The van der Waals surface area contributed by atoms with Gasteiger partial charge in [0.2, 0.25) is 0 Å². The predicted molar refractivity (Wildman–Crippen MR) is 79.4 cm³/mol. The highest BCUT2D eigenvalue weighted by Gasteiger charge is 2.19. The first-order valence-electron chi connectivity index (χ1n) is 6.64. The summed E-state index contributed by atoms with van der Waals surface area (Å²) in [5, 5.41) is 0. The SMILES string of the molecule is Nc1ccc(-c2cccc(F)c2F)c(-c2cccc(F)c2F)n1. The van der Waals surface area contributed by atoms with Crippen LogP contribution in [0.1, 0.15) is 0 Å². The van der Waals surface area contributed by atoms with Crippen molar-refractivity contribution in [3.8, 4) is 22.4 Å². The Bertz CT molecular complexity index is 894. The number of nitrogens with zero attached hydrogens (tertiary/aromatic N) is 1.